The van der Waals surface area contributed by atoms with E-state index in [1.807, 2.05) is 0 Å². The number of rotatable bonds is 5. The third kappa shape index (κ3) is 3.84. The molecule has 0 aromatic carbocycles. The van der Waals surface area contributed by atoms with Crippen molar-refractivity contribution >= 4 is 18.3 Å². The number of amides is 1. The lowest BCUT2D eigenvalue weighted by molar-refractivity contribution is -0.125. The first-order valence-corrected chi connectivity index (χ1v) is 6.85. The van der Waals surface area contributed by atoms with E-state index < -0.39 is 0 Å². The Morgan fingerprint density at radius 2 is 2.11 bits per heavy atom. The van der Waals surface area contributed by atoms with Crippen LogP contribution in [-0.4, -0.2) is 37.3 Å². The van der Waals surface area contributed by atoms with E-state index in [2.05, 4.69) is 10.6 Å². The highest BCUT2D eigenvalue weighted by Gasteiger charge is 2.34. The predicted molar refractivity (Wildman–Crippen MR) is 73.8 cm³/mol. The quantitative estimate of drug-likeness (QED) is 0.704. The molecule has 2 fully saturated rings. The smallest absolute Gasteiger partial charge is 0.224 e. The third-order valence-electron chi connectivity index (χ3n) is 4.38. The fourth-order valence-corrected chi connectivity index (χ4v) is 3.17. The van der Waals surface area contributed by atoms with E-state index in [9.17, 15) is 4.79 Å². The molecule has 1 amide bonds. The lowest BCUT2D eigenvalue weighted by atomic mass is 9.83. The molecule has 0 spiro atoms. The largest absolute Gasteiger partial charge is 0.396 e. The van der Waals surface area contributed by atoms with E-state index in [0.717, 1.165) is 45.3 Å². The summed E-state index contributed by atoms with van der Waals surface area (Å²) in [6.45, 7) is 2.77. The van der Waals surface area contributed by atoms with Gasteiger partial charge in [0.25, 0.3) is 0 Å². The maximum atomic E-state index is 11.9. The van der Waals surface area contributed by atoms with Crippen molar-refractivity contribution in [3.05, 3.63) is 0 Å². The van der Waals surface area contributed by atoms with E-state index in [-0.39, 0.29) is 36.3 Å². The third-order valence-corrected chi connectivity index (χ3v) is 4.38. The molecule has 2 rings (SSSR count). The van der Waals surface area contributed by atoms with E-state index in [0.29, 0.717) is 0 Å². The van der Waals surface area contributed by atoms with E-state index in [1.54, 1.807) is 0 Å². The van der Waals surface area contributed by atoms with Crippen LogP contribution >= 0.6 is 12.4 Å². The van der Waals surface area contributed by atoms with Gasteiger partial charge < -0.3 is 15.7 Å². The van der Waals surface area contributed by atoms with Crippen LogP contribution in [0.1, 0.15) is 38.5 Å². The zero-order valence-corrected chi connectivity index (χ0v) is 11.7. The van der Waals surface area contributed by atoms with Crippen molar-refractivity contribution in [1.29, 1.82) is 0 Å². The number of hydrogen-bond acceptors (Lipinski definition) is 3. The molecule has 4 nitrogen and oxygen atoms in total. The first kappa shape index (κ1) is 15.7. The molecule has 1 heterocycles. The van der Waals surface area contributed by atoms with Crippen molar-refractivity contribution < 1.29 is 9.90 Å². The van der Waals surface area contributed by atoms with Crippen molar-refractivity contribution in [2.45, 2.75) is 38.5 Å². The minimum absolute atomic E-state index is 0. The standard InChI is InChI=1S/C13H24N2O2.ClH/c16-8-6-13(4-1-2-5-13)10-15-12(17)11-3-7-14-9-11;/h11,14,16H,1-10H2,(H,15,17);1H. The van der Waals surface area contributed by atoms with Crippen molar-refractivity contribution in [3.63, 3.8) is 0 Å². The van der Waals surface area contributed by atoms with Gasteiger partial charge in [0.1, 0.15) is 0 Å². The molecule has 0 radical (unpaired) electrons. The van der Waals surface area contributed by atoms with Crippen LogP contribution in [0.4, 0.5) is 0 Å². The van der Waals surface area contributed by atoms with Crippen LogP contribution in [0.25, 0.3) is 0 Å². The summed E-state index contributed by atoms with van der Waals surface area (Å²) in [6.07, 6.45) is 6.56. The summed E-state index contributed by atoms with van der Waals surface area (Å²) >= 11 is 0. The summed E-state index contributed by atoms with van der Waals surface area (Å²) in [7, 11) is 0. The lowest BCUT2D eigenvalue weighted by Crippen LogP contribution is -2.40. The molecule has 1 unspecified atom stereocenters. The van der Waals surface area contributed by atoms with Gasteiger partial charge in [-0.1, -0.05) is 12.8 Å². The molecule has 106 valence electrons. The molecule has 1 aliphatic carbocycles. The van der Waals surface area contributed by atoms with Crippen LogP contribution in [0.3, 0.4) is 0 Å². The van der Waals surface area contributed by atoms with Crippen LogP contribution in [0, 0.1) is 11.3 Å². The number of halogens is 1. The maximum Gasteiger partial charge on any atom is 0.224 e. The minimum Gasteiger partial charge on any atom is -0.396 e. The molecular weight excluding hydrogens is 252 g/mol. The number of aliphatic hydroxyl groups excluding tert-OH is 1. The molecule has 1 saturated heterocycles. The summed E-state index contributed by atoms with van der Waals surface area (Å²) in [4.78, 5) is 11.9. The Balaban J connectivity index is 0.00000162. The highest BCUT2D eigenvalue weighted by Crippen LogP contribution is 2.40. The summed E-state index contributed by atoms with van der Waals surface area (Å²) in [5, 5.41) is 15.5. The Kier molecular flexibility index (Phi) is 6.39. The van der Waals surface area contributed by atoms with Crippen molar-refractivity contribution in [2.24, 2.45) is 11.3 Å². The zero-order chi connectivity index (χ0) is 12.1. The van der Waals surface area contributed by atoms with E-state index in [4.69, 9.17) is 5.11 Å². The average molecular weight is 277 g/mol. The van der Waals surface area contributed by atoms with Gasteiger partial charge in [-0.15, -0.1) is 12.4 Å². The van der Waals surface area contributed by atoms with Gasteiger partial charge in [0, 0.05) is 19.7 Å². The highest BCUT2D eigenvalue weighted by atomic mass is 35.5. The minimum atomic E-state index is 0. The van der Waals surface area contributed by atoms with Gasteiger partial charge in [-0.05, 0) is 37.6 Å². The van der Waals surface area contributed by atoms with Crippen molar-refractivity contribution in [1.82, 2.24) is 10.6 Å². The maximum absolute atomic E-state index is 11.9. The SMILES string of the molecule is Cl.O=C(NCC1(CCO)CCCC1)C1CCNC1. The van der Waals surface area contributed by atoms with Gasteiger partial charge in [0.05, 0.1) is 5.92 Å². The Labute approximate surface area is 115 Å². The molecule has 1 atom stereocenters. The van der Waals surface area contributed by atoms with Crippen LogP contribution in [0.2, 0.25) is 0 Å². The molecule has 5 heteroatoms. The lowest BCUT2D eigenvalue weighted by Gasteiger charge is -2.29. The van der Waals surface area contributed by atoms with Gasteiger partial charge in [-0.3, -0.25) is 4.79 Å². The topological polar surface area (TPSA) is 61.4 Å². The summed E-state index contributed by atoms with van der Waals surface area (Å²) in [6, 6.07) is 0. The van der Waals surface area contributed by atoms with Gasteiger partial charge in [0.15, 0.2) is 0 Å². The number of carbonyl (C=O) groups is 1. The second kappa shape index (κ2) is 7.31. The normalized spacial score (nSPS) is 25.7. The second-order valence-electron chi connectivity index (χ2n) is 5.59. The van der Waals surface area contributed by atoms with Crippen LogP contribution in [0.5, 0.6) is 0 Å². The first-order valence-electron chi connectivity index (χ1n) is 6.85. The molecule has 18 heavy (non-hydrogen) atoms. The van der Waals surface area contributed by atoms with Crippen molar-refractivity contribution in [2.75, 3.05) is 26.2 Å². The summed E-state index contributed by atoms with van der Waals surface area (Å²) < 4.78 is 0. The number of hydrogen-bond donors (Lipinski definition) is 3. The van der Waals surface area contributed by atoms with Gasteiger partial charge in [-0.2, -0.15) is 0 Å². The molecule has 1 aliphatic heterocycles. The van der Waals surface area contributed by atoms with Gasteiger partial charge >= 0.3 is 0 Å². The zero-order valence-electron chi connectivity index (χ0n) is 10.9. The molecular formula is C13H25ClN2O2. The Bertz CT molecular complexity index is 262. The number of nitrogens with one attached hydrogen (secondary N) is 2. The predicted octanol–water partition coefficient (Wildman–Crippen LogP) is 1.08. The van der Waals surface area contributed by atoms with Crippen LogP contribution in [-0.2, 0) is 4.79 Å². The number of carbonyl (C=O) groups excluding carboxylic acids is 1. The van der Waals surface area contributed by atoms with E-state index >= 15 is 0 Å². The van der Waals surface area contributed by atoms with Crippen LogP contribution in [0.15, 0.2) is 0 Å². The summed E-state index contributed by atoms with van der Waals surface area (Å²) in [5.41, 5.74) is 0.177. The first-order chi connectivity index (χ1) is 8.26. The highest BCUT2D eigenvalue weighted by molar-refractivity contribution is 5.85. The number of aliphatic hydroxyl groups is 1. The molecule has 0 aromatic rings. The van der Waals surface area contributed by atoms with Crippen LogP contribution < -0.4 is 10.6 Å². The molecule has 0 aromatic heterocycles. The second-order valence-corrected chi connectivity index (χ2v) is 5.59. The van der Waals surface area contributed by atoms with Crippen molar-refractivity contribution in [3.8, 4) is 0 Å². The Hall–Kier alpha value is -0.320. The Morgan fingerprint density at radius 3 is 2.67 bits per heavy atom. The molecule has 3 N–H and O–H groups in total. The fraction of sp³-hybridized carbons (Fsp3) is 0.923. The average Bonchev–Trinajstić information content (AvgIpc) is 2.98. The van der Waals surface area contributed by atoms with Gasteiger partial charge in [0.2, 0.25) is 5.91 Å². The molecule has 0 bridgehead atoms. The van der Waals surface area contributed by atoms with E-state index in [1.165, 1.54) is 12.8 Å². The molecule has 1 saturated carbocycles. The summed E-state index contributed by atoms with van der Waals surface area (Å²) in [5.74, 6) is 0.349. The fourth-order valence-electron chi connectivity index (χ4n) is 3.17. The monoisotopic (exact) mass is 276 g/mol. The molecule has 2 aliphatic rings. The Morgan fingerprint density at radius 1 is 1.39 bits per heavy atom. The van der Waals surface area contributed by atoms with Gasteiger partial charge in [-0.25, -0.2) is 0 Å².